The normalized spacial score (nSPS) is 11.7. The number of methoxy groups -OCH3 is 1. The van der Waals surface area contributed by atoms with Gasteiger partial charge >= 0.3 is 6.03 Å². The molecule has 29 heavy (non-hydrogen) atoms. The lowest BCUT2D eigenvalue weighted by atomic mass is 10.2. The van der Waals surface area contributed by atoms with E-state index in [1.807, 2.05) is 41.0 Å². The summed E-state index contributed by atoms with van der Waals surface area (Å²) in [6.07, 6.45) is 0. The van der Waals surface area contributed by atoms with Crippen molar-refractivity contribution >= 4 is 35.3 Å². The van der Waals surface area contributed by atoms with Crippen molar-refractivity contribution in [3.05, 3.63) is 53.6 Å². The van der Waals surface area contributed by atoms with Crippen LogP contribution in [-0.2, 0) is 4.79 Å². The fourth-order valence-corrected chi connectivity index (χ4v) is 3.52. The van der Waals surface area contributed by atoms with Gasteiger partial charge in [0.25, 0.3) is 0 Å². The largest absolute Gasteiger partial charge is 0.497 e. The summed E-state index contributed by atoms with van der Waals surface area (Å²) in [5.74, 6) is 0.773. The number of hydrogen-bond acceptors (Lipinski definition) is 6. The standard InChI is InChI=1S/C19H18ClN5O3S/c1-11(17(26)22-18(21)27)29-19-24-23-16(12-3-5-13(20)6-4-12)25(19)14-7-9-15(28-2)10-8-14/h3-11H,1-2H3,(H3,21,22,26,27). The van der Waals surface area contributed by atoms with Gasteiger partial charge < -0.3 is 10.5 Å². The average Bonchev–Trinajstić information content (AvgIpc) is 3.11. The highest BCUT2D eigenvalue weighted by Crippen LogP contribution is 2.31. The van der Waals surface area contributed by atoms with Crippen molar-refractivity contribution in [3.8, 4) is 22.8 Å². The molecule has 0 aliphatic heterocycles. The van der Waals surface area contributed by atoms with Crippen LogP contribution in [0.3, 0.4) is 0 Å². The van der Waals surface area contributed by atoms with Gasteiger partial charge in [0.15, 0.2) is 11.0 Å². The molecule has 150 valence electrons. The van der Waals surface area contributed by atoms with Crippen molar-refractivity contribution in [1.82, 2.24) is 20.1 Å². The number of benzene rings is 2. The van der Waals surface area contributed by atoms with Crippen LogP contribution >= 0.6 is 23.4 Å². The number of imide groups is 1. The van der Waals surface area contributed by atoms with E-state index < -0.39 is 17.2 Å². The van der Waals surface area contributed by atoms with Gasteiger partial charge in [-0.05, 0) is 55.5 Å². The van der Waals surface area contributed by atoms with Crippen molar-refractivity contribution in [2.45, 2.75) is 17.3 Å². The van der Waals surface area contributed by atoms with Crippen molar-refractivity contribution < 1.29 is 14.3 Å². The van der Waals surface area contributed by atoms with E-state index in [-0.39, 0.29) is 0 Å². The Kier molecular flexibility index (Phi) is 6.40. The first kappa shape index (κ1) is 20.7. The summed E-state index contributed by atoms with van der Waals surface area (Å²) in [5.41, 5.74) is 6.62. The highest BCUT2D eigenvalue weighted by molar-refractivity contribution is 8.00. The zero-order valence-corrected chi connectivity index (χ0v) is 17.2. The van der Waals surface area contributed by atoms with Gasteiger partial charge in [-0.2, -0.15) is 0 Å². The molecule has 3 rings (SSSR count). The minimum absolute atomic E-state index is 0.479. The number of nitrogens with one attached hydrogen (secondary N) is 1. The number of primary amides is 1. The van der Waals surface area contributed by atoms with E-state index in [0.29, 0.717) is 21.8 Å². The number of nitrogens with zero attached hydrogens (tertiary/aromatic N) is 3. The number of amides is 3. The molecule has 10 heteroatoms. The van der Waals surface area contributed by atoms with Gasteiger partial charge in [-0.3, -0.25) is 14.7 Å². The second-order valence-corrected chi connectivity index (χ2v) is 7.70. The van der Waals surface area contributed by atoms with Crippen LogP contribution in [-0.4, -0.2) is 39.1 Å². The molecule has 2 aromatic carbocycles. The van der Waals surface area contributed by atoms with Gasteiger partial charge in [0, 0.05) is 16.3 Å². The highest BCUT2D eigenvalue weighted by atomic mass is 35.5. The van der Waals surface area contributed by atoms with Crippen LogP contribution in [0.15, 0.2) is 53.7 Å². The second-order valence-electron chi connectivity index (χ2n) is 5.96. The summed E-state index contributed by atoms with van der Waals surface area (Å²) in [7, 11) is 1.59. The molecule has 1 unspecified atom stereocenters. The lowest BCUT2D eigenvalue weighted by molar-refractivity contribution is -0.119. The van der Waals surface area contributed by atoms with Crippen LogP contribution in [0.5, 0.6) is 5.75 Å². The third kappa shape index (κ3) is 4.87. The Labute approximate surface area is 176 Å². The van der Waals surface area contributed by atoms with Crippen molar-refractivity contribution in [2.24, 2.45) is 5.73 Å². The maximum Gasteiger partial charge on any atom is 0.318 e. The summed E-state index contributed by atoms with van der Waals surface area (Å²) < 4.78 is 7.04. The number of aromatic nitrogens is 3. The van der Waals surface area contributed by atoms with E-state index in [1.165, 1.54) is 0 Å². The van der Waals surface area contributed by atoms with Crippen LogP contribution in [0.1, 0.15) is 6.92 Å². The van der Waals surface area contributed by atoms with Gasteiger partial charge in [-0.1, -0.05) is 23.4 Å². The fourth-order valence-electron chi connectivity index (χ4n) is 2.53. The van der Waals surface area contributed by atoms with Crippen LogP contribution in [0.25, 0.3) is 17.1 Å². The molecule has 3 aromatic rings. The predicted molar refractivity (Wildman–Crippen MR) is 111 cm³/mol. The molecular formula is C19H18ClN5O3S. The van der Waals surface area contributed by atoms with Gasteiger partial charge in [0.1, 0.15) is 5.75 Å². The van der Waals surface area contributed by atoms with E-state index in [2.05, 4.69) is 15.5 Å². The number of carbonyl (C=O) groups excluding carboxylic acids is 2. The SMILES string of the molecule is COc1ccc(-n2c(SC(C)C(=O)NC(N)=O)nnc2-c2ccc(Cl)cc2)cc1. The molecular weight excluding hydrogens is 414 g/mol. The number of halogens is 1. The topological polar surface area (TPSA) is 112 Å². The molecule has 0 bridgehead atoms. The van der Waals surface area contributed by atoms with Crippen molar-refractivity contribution in [2.75, 3.05) is 7.11 Å². The zero-order chi connectivity index (χ0) is 21.0. The number of rotatable bonds is 6. The van der Waals surface area contributed by atoms with Crippen molar-refractivity contribution in [3.63, 3.8) is 0 Å². The number of hydrogen-bond donors (Lipinski definition) is 2. The molecule has 0 fully saturated rings. The van der Waals surface area contributed by atoms with Crippen LogP contribution in [0, 0.1) is 0 Å². The Morgan fingerprint density at radius 2 is 1.79 bits per heavy atom. The van der Waals surface area contributed by atoms with E-state index in [0.717, 1.165) is 23.0 Å². The monoisotopic (exact) mass is 431 g/mol. The first-order valence-electron chi connectivity index (χ1n) is 8.51. The molecule has 0 radical (unpaired) electrons. The smallest absolute Gasteiger partial charge is 0.318 e. The zero-order valence-electron chi connectivity index (χ0n) is 15.6. The van der Waals surface area contributed by atoms with Crippen LogP contribution in [0.4, 0.5) is 4.79 Å². The lowest BCUT2D eigenvalue weighted by Crippen LogP contribution is -2.39. The van der Waals surface area contributed by atoms with Crippen LogP contribution in [0.2, 0.25) is 5.02 Å². The summed E-state index contributed by atoms with van der Waals surface area (Å²) >= 11 is 7.15. The summed E-state index contributed by atoms with van der Waals surface area (Å²) in [6.45, 7) is 1.65. The Hall–Kier alpha value is -3.04. The molecule has 0 aliphatic carbocycles. The minimum Gasteiger partial charge on any atom is -0.497 e. The molecule has 1 heterocycles. The quantitative estimate of drug-likeness (QED) is 0.579. The highest BCUT2D eigenvalue weighted by Gasteiger charge is 2.22. The van der Waals surface area contributed by atoms with Gasteiger partial charge in [-0.15, -0.1) is 10.2 Å². The molecule has 0 spiro atoms. The van der Waals surface area contributed by atoms with Gasteiger partial charge in [-0.25, -0.2) is 4.79 Å². The number of urea groups is 1. The molecule has 1 atom stereocenters. The maximum absolute atomic E-state index is 12.1. The van der Waals surface area contributed by atoms with E-state index in [9.17, 15) is 9.59 Å². The molecule has 0 saturated heterocycles. The third-order valence-electron chi connectivity index (χ3n) is 3.96. The Balaban J connectivity index is 2.02. The second kappa shape index (κ2) is 8.97. The van der Waals surface area contributed by atoms with Gasteiger partial charge in [0.2, 0.25) is 5.91 Å². The first-order valence-corrected chi connectivity index (χ1v) is 9.77. The predicted octanol–water partition coefficient (Wildman–Crippen LogP) is 3.27. The molecule has 0 saturated carbocycles. The Morgan fingerprint density at radius 3 is 2.38 bits per heavy atom. The summed E-state index contributed by atoms with van der Waals surface area (Å²) in [4.78, 5) is 23.0. The van der Waals surface area contributed by atoms with E-state index in [1.54, 1.807) is 26.2 Å². The third-order valence-corrected chi connectivity index (χ3v) is 5.26. The summed E-state index contributed by atoms with van der Waals surface area (Å²) in [6, 6.07) is 13.7. The molecule has 8 nitrogen and oxygen atoms in total. The number of ether oxygens (including phenoxy) is 1. The number of thioether (sulfide) groups is 1. The number of carbonyl (C=O) groups is 2. The van der Waals surface area contributed by atoms with E-state index in [4.69, 9.17) is 22.1 Å². The molecule has 0 aliphatic rings. The molecule has 1 aromatic heterocycles. The van der Waals surface area contributed by atoms with Crippen LogP contribution < -0.4 is 15.8 Å². The van der Waals surface area contributed by atoms with Crippen molar-refractivity contribution in [1.29, 1.82) is 0 Å². The van der Waals surface area contributed by atoms with Gasteiger partial charge in [0.05, 0.1) is 12.4 Å². The average molecular weight is 432 g/mol. The lowest BCUT2D eigenvalue weighted by Gasteiger charge is -2.13. The number of nitrogens with two attached hydrogens (primary N) is 1. The minimum atomic E-state index is -0.902. The first-order chi connectivity index (χ1) is 13.9. The van der Waals surface area contributed by atoms with E-state index >= 15 is 0 Å². The maximum atomic E-state index is 12.1. The molecule has 3 N–H and O–H groups in total. The Morgan fingerprint density at radius 1 is 1.14 bits per heavy atom. The summed E-state index contributed by atoms with van der Waals surface area (Å²) in [5, 5.41) is 11.1. The Bertz CT molecular complexity index is 1020. The fraction of sp³-hybridized carbons (Fsp3) is 0.158. The molecule has 3 amide bonds.